The molecule has 1 aromatic carbocycles. The summed E-state index contributed by atoms with van der Waals surface area (Å²) in [5.41, 5.74) is 2.51. The number of aromatic amines is 1. The first-order chi connectivity index (χ1) is 13.1. The van der Waals surface area contributed by atoms with Gasteiger partial charge in [0.15, 0.2) is 0 Å². The highest BCUT2D eigenvalue weighted by atomic mass is 16.5. The first-order valence-corrected chi connectivity index (χ1v) is 9.39. The predicted molar refractivity (Wildman–Crippen MR) is 99.5 cm³/mol. The van der Waals surface area contributed by atoms with Crippen LogP contribution in [0.4, 0.5) is 0 Å². The second kappa shape index (κ2) is 7.42. The summed E-state index contributed by atoms with van der Waals surface area (Å²) < 4.78 is 5.25. The van der Waals surface area contributed by atoms with Crippen molar-refractivity contribution in [3.05, 3.63) is 47.3 Å². The normalized spacial score (nSPS) is 17.7. The Bertz CT molecular complexity index is 843. The average Bonchev–Trinajstić information content (AvgIpc) is 3.45. The molecule has 1 aromatic heterocycles. The Morgan fingerprint density at radius 1 is 1.26 bits per heavy atom. The van der Waals surface area contributed by atoms with Crippen molar-refractivity contribution in [3.63, 3.8) is 0 Å². The quantitative estimate of drug-likeness (QED) is 0.877. The van der Waals surface area contributed by atoms with Crippen LogP contribution in [0.15, 0.2) is 30.3 Å². The van der Waals surface area contributed by atoms with Gasteiger partial charge in [0.1, 0.15) is 11.4 Å². The van der Waals surface area contributed by atoms with Crippen molar-refractivity contribution in [1.82, 2.24) is 20.0 Å². The number of carbonyl (C=O) groups excluding carboxylic acids is 2. The second-order valence-corrected chi connectivity index (χ2v) is 7.19. The van der Waals surface area contributed by atoms with Gasteiger partial charge in [0.05, 0.1) is 7.11 Å². The van der Waals surface area contributed by atoms with E-state index in [0.717, 1.165) is 29.8 Å². The molecule has 4 rings (SSSR count). The minimum Gasteiger partial charge on any atom is -0.497 e. The molecule has 1 N–H and O–H groups in total. The number of amides is 2. The molecule has 1 saturated heterocycles. The van der Waals surface area contributed by atoms with Crippen LogP contribution in [0.25, 0.3) is 0 Å². The molecule has 2 amide bonds. The molecule has 1 aliphatic carbocycles. The molecular weight excluding hydrogens is 344 g/mol. The minimum atomic E-state index is -0.103. The number of ether oxygens (including phenoxy) is 1. The van der Waals surface area contributed by atoms with Crippen LogP contribution in [0.3, 0.4) is 0 Å². The van der Waals surface area contributed by atoms with Crippen LogP contribution < -0.4 is 4.74 Å². The molecule has 0 radical (unpaired) electrons. The van der Waals surface area contributed by atoms with E-state index in [2.05, 4.69) is 10.2 Å². The first kappa shape index (κ1) is 17.6. The molecule has 2 heterocycles. The van der Waals surface area contributed by atoms with Gasteiger partial charge >= 0.3 is 0 Å². The Morgan fingerprint density at radius 3 is 2.89 bits per heavy atom. The fourth-order valence-electron chi connectivity index (χ4n) is 3.44. The second-order valence-electron chi connectivity index (χ2n) is 7.19. The lowest BCUT2D eigenvalue weighted by Crippen LogP contribution is -2.35. The van der Waals surface area contributed by atoms with Gasteiger partial charge in [-0.3, -0.25) is 14.7 Å². The summed E-state index contributed by atoms with van der Waals surface area (Å²) in [6.07, 6.45) is 2.65. The molecule has 2 aliphatic rings. The van der Waals surface area contributed by atoms with E-state index < -0.39 is 0 Å². The largest absolute Gasteiger partial charge is 0.497 e. The molecule has 2 aromatic rings. The fraction of sp³-hybridized carbons (Fsp3) is 0.450. The van der Waals surface area contributed by atoms with Crippen molar-refractivity contribution in [2.45, 2.75) is 31.7 Å². The third-order valence-corrected chi connectivity index (χ3v) is 5.22. The molecule has 2 fully saturated rings. The molecular formula is C20H24N4O3. The van der Waals surface area contributed by atoms with E-state index >= 15 is 0 Å². The summed E-state index contributed by atoms with van der Waals surface area (Å²) >= 11 is 0. The molecule has 0 atom stereocenters. The number of H-pyrrole nitrogens is 1. The van der Waals surface area contributed by atoms with E-state index in [-0.39, 0.29) is 11.8 Å². The molecule has 0 bridgehead atoms. The van der Waals surface area contributed by atoms with Gasteiger partial charge in [0.2, 0.25) is 5.91 Å². The Balaban J connectivity index is 1.40. The first-order valence-electron chi connectivity index (χ1n) is 9.39. The molecule has 142 valence electrons. The van der Waals surface area contributed by atoms with E-state index in [4.69, 9.17) is 4.74 Å². The third kappa shape index (κ3) is 3.97. The number of aromatic nitrogens is 2. The number of nitrogens with one attached hydrogen (secondary N) is 1. The number of benzene rings is 1. The van der Waals surface area contributed by atoms with Crippen LogP contribution in [0, 0.1) is 0 Å². The van der Waals surface area contributed by atoms with E-state index in [0.29, 0.717) is 44.2 Å². The van der Waals surface area contributed by atoms with E-state index in [1.807, 2.05) is 35.2 Å². The summed E-state index contributed by atoms with van der Waals surface area (Å²) in [6, 6.07) is 9.58. The summed E-state index contributed by atoms with van der Waals surface area (Å²) in [6.45, 7) is 1.98. The zero-order valence-corrected chi connectivity index (χ0v) is 15.5. The number of hydrogen-bond acceptors (Lipinski definition) is 4. The highest BCUT2D eigenvalue weighted by Crippen LogP contribution is 2.39. The number of hydrogen-bond donors (Lipinski definition) is 1. The van der Waals surface area contributed by atoms with Crippen LogP contribution >= 0.6 is 0 Å². The number of rotatable bonds is 5. The van der Waals surface area contributed by atoms with Crippen LogP contribution in [0.1, 0.15) is 46.9 Å². The summed E-state index contributed by atoms with van der Waals surface area (Å²) in [4.78, 5) is 28.8. The van der Waals surface area contributed by atoms with Gasteiger partial charge in [-0.25, -0.2) is 0 Å². The lowest BCUT2D eigenvalue weighted by Gasteiger charge is -2.22. The monoisotopic (exact) mass is 368 g/mol. The molecule has 1 aliphatic heterocycles. The van der Waals surface area contributed by atoms with Crippen LogP contribution in [0.5, 0.6) is 5.75 Å². The van der Waals surface area contributed by atoms with E-state index in [9.17, 15) is 9.59 Å². The highest BCUT2D eigenvalue weighted by Gasteiger charge is 2.29. The maximum Gasteiger partial charge on any atom is 0.274 e. The van der Waals surface area contributed by atoms with Crippen LogP contribution in [0.2, 0.25) is 0 Å². The summed E-state index contributed by atoms with van der Waals surface area (Å²) in [7, 11) is 1.63. The molecule has 0 unspecified atom stereocenters. The van der Waals surface area contributed by atoms with Gasteiger partial charge in [0.25, 0.3) is 5.91 Å². The van der Waals surface area contributed by atoms with Gasteiger partial charge in [-0.2, -0.15) is 5.10 Å². The molecule has 0 spiro atoms. The Hall–Kier alpha value is -2.83. The zero-order chi connectivity index (χ0) is 18.8. The van der Waals surface area contributed by atoms with Gasteiger partial charge < -0.3 is 14.5 Å². The number of methoxy groups -OCH3 is 1. The minimum absolute atomic E-state index is 0.0637. The van der Waals surface area contributed by atoms with Gasteiger partial charge in [-0.1, -0.05) is 12.1 Å². The molecule has 1 saturated carbocycles. The number of carbonyl (C=O) groups is 2. The zero-order valence-electron chi connectivity index (χ0n) is 15.5. The Kier molecular flexibility index (Phi) is 4.83. The number of nitrogens with zero attached hydrogens (tertiary/aromatic N) is 3. The van der Waals surface area contributed by atoms with Gasteiger partial charge in [-0.15, -0.1) is 0 Å². The van der Waals surface area contributed by atoms with Crippen molar-refractivity contribution in [1.29, 1.82) is 0 Å². The Labute approximate surface area is 158 Å². The maximum absolute atomic E-state index is 12.8. The fourth-order valence-corrected chi connectivity index (χ4v) is 3.44. The average molecular weight is 368 g/mol. The Morgan fingerprint density at radius 2 is 2.11 bits per heavy atom. The highest BCUT2D eigenvalue weighted by molar-refractivity contribution is 5.93. The SMILES string of the molecule is COc1cccc(CN2CCN(C(=O)c3cc(C4CC4)[nH]n3)CCC2=O)c1. The lowest BCUT2D eigenvalue weighted by atomic mass is 10.2. The van der Waals surface area contributed by atoms with Crippen molar-refractivity contribution in [2.75, 3.05) is 26.7 Å². The molecule has 7 nitrogen and oxygen atoms in total. The van der Waals surface area contributed by atoms with Gasteiger partial charge in [0, 0.05) is 44.2 Å². The van der Waals surface area contributed by atoms with Crippen LogP contribution in [-0.4, -0.2) is 58.6 Å². The third-order valence-electron chi connectivity index (χ3n) is 5.22. The molecule has 7 heteroatoms. The maximum atomic E-state index is 12.8. The van der Waals surface area contributed by atoms with E-state index in [1.54, 1.807) is 12.0 Å². The lowest BCUT2D eigenvalue weighted by molar-refractivity contribution is -0.130. The van der Waals surface area contributed by atoms with Crippen molar-refractivity contribution < 1.29 is 14.3 Å². The van der Waals surface area contributed by atoms with Crippen molar-refractivity contribution >= 4 is 11.8 Å². The molecule has 27 heavy (non-hydrogen) atoms. The topological polar surface area (TPSA) is 78.5 Å². The van der Waals surface area contributed by atoms with Crippen LogP contribution in [-0.2, 0) is 11.3 Å². The summed E-state index contributed by atoms with van der Waals surface area (Å²) in [5.74, 6) is 1.27. The predicted octanol–water partition coefficient (Wildman–Crippen LogP) is 2.17. The smallest absolute Gasteiger partial charge is 0.274 e. The summed E-state index contributed by atoms with van der Waals surface area (Å²) in [5, 5.41) is 7.16. The van der Waals surface area contributed by atoms with E-state index in [1.165, 1.54) is 0 Å². The van der Waals surface area contributed by atoms with Gasteiger partial charge in [-0.05, 0) is 36.6 Å². The van der Waals surface area contributed by atoms with Crippen molar-refractivity contribution in [2.24, 2.45) is 0 Å². The standard InChI is InChI=1S/C20H24N4O3/c1-27-16-4-2-3-14(11-16)13-24-10-9-23(8-7-19(24)25)20(26)18-12-17(21-22-18)15-5-6-15/h2-4,11-12,15H,5-10,13H2,1H3,(H,21,22). The van der Waals surface area contributed by atoms with Crippen molar-refractivity contribution in [3.8, 4) is 5.75 Å².